The minimum atomic E-state index is -3.90. The standard InChI is InChI=1S/C27H26N2O4S2/c1-18-5-10-21(11-6-18)34(30,31)28(4)25-15-16-26-27(25)23-17-20(3)9-14-24(23)29(26)35(32,33)22-12-7-19(2)8-13-22/h5-15,17H,16H2,1-4H3. The molecule has 35 heavy (non-hydrogen) atoms. The first-order valence-electron chi connectivity index (χ1n) is 11.2. The van der Waals surface area contributed by atoms with E-state index in [2.05, 4.69) is 0 Å². The van der Waals surface area contributed by atoms with Gasteiger partial charge >= 0.3 is 0 Å². The lowest BCUT2D eigenvalue weighted by atomic mass is 10.1. The summed E-state index contributed by atoms with van der Waals surface area (Å²) in [5.41, 5.74) is 5.11. The molecule has 0 radical (unpaired) electrons. The number of fused-ring (bicyclic) bond motifs is 3. The van der Waals surface area contributed by atoms with Gasteiger partial charge in [0.05, 0.1) is 21.0 Å². The molecule has 1 heterocycles. The van der Waals surface area contributed by atoms with Crippen LogP contribution in [-0.4, -0.2) is 32.2 Å². The molecule has 0 N–H and O–H groups in total. The summed E-state index contributed by atoms with van der Waals surface area (Å²) in [5.74, 6) is 0. The van der Waals surface area contributed by atoms with E-state index in [0.29, 0.717) is 34.3 Å². The van der Waals surface area contributed by atoms with Crippen LogP contribution in [0.1, 0.15) is 27.9 Å². The number of hydrogen-bond donors (Lipinski definition) is 0. The maximum absolute atomic E-state index is 13.8. The summed E-state index contributed by atoms with van der Waals surface area (Å²) < 4.78 is 57.2. The van der Waals surface area contributed by atoms with Gasteiger partial charge < -0.3 is 0 Å². The second-order valence-electron chi connectivity index (χ2n) is 9.00. The number of benzene rings is 3. The molecule has 0 saturated heterocycles. The summed E-state index contributed by atoms with van der Waals surface area (Å²) in [6.45, 7) is 5.74. The molecular weight excluding hydrogens is 480 g/mol. The van der Waals surface area contributed by atoms with Gasteiger partial charge in [-0.05, 0) is 57.2 Å². The van der Waals surface area contributed by atoms with E-state index in [1.807, 2.05) is 32.9 Å². The molecule has 4 aromatic rings. The second kappa shape index (κ2) is 8.10. The summed E-state index contributed by atoms with van der Waals surface area (Å²) in [4.78, 5) is 0.379. The highest BCUT2D eigenvalue weighted by Crippen LogP contribution is 2.41. The van der Waals surface area contributed by atoms with Crippen LogP contribution in [0.5, 0.6) is 0 Å². The number of sulfonamides is 1. The molecule has 0 atom stereocenters. The lowest BCUT2D eigenvalue weighted by Gasteiger charge is -2.21. The average Bonchev–Trinajstić information content (AvgIpc) is 3.37. The van der Waals surface area contributed by atoms with Crippen LogP contribution in [0.15, 0.2) is 82.6 Å². The van der Waals surface area contributed by atoms with Gasteiger partial charge in [0.15, 0.2) is 0 Å². The first-order chi connectivity index (χ1) is 16.5. The summed E-state index contributed by atoms with van der Waals surface area (Å²) in [6.07, 6.45) is 2.09. The molecule has 0 bridgehead atoms. The molecule has 0 saturated carbocycles. The van der Waals surface area contributed by atoms with Gasteiger partial charge in [0, 0.05) is 30.1 Å². The van der Waals surface area contributed by atoms with Gasteiger partial charge in [-0.1, -0.05) is 53.1 Å². The summed E-state index contributed by atoms with van der Waals surface area (Å²) in [5, 5.41) is 0.713. The number of allylic oxidation sites excluding steroid dienone is 1. The van der Waals surface area contributed by atoms with Crippen LogP contribution >= 0.6 is 0 Å². The van der Waals surface area contributed by atoms with Crippen molar-refractivity contribution < 1.29 is 16.8 Å². The SMILES string of the molecule is Cc1ccc(S(=O)(=O)N(C)C2=CCc3c2c2cc(C)ccc2n3S(=O)(=O)c2ccc(C)cc2)cc1. The number of aryl methyl sites for hydroxylation is 3. The van der Waals surface area contributed by atoms with Crippen molar-refractivity contribution >= 4 is 36.6 Å². The second-order valence-corrected chi connectivity index (χ2v) is 12.8. The monoisotopic (exact) mass is 506 g/mol. The zero-order chi connectivity index (χ0) is 25.1. The van der Waals surface area contributed by atoms with Gasteiger partial charge in [-0.2, -0.15) is 0 Å². The van der Waals surface area contributed by atoms with Crippen molar-refractivity contribution in [2.45, 2.75) is 37.0 Å². The third-order valence-corrected chi connectivity index (χ3v) is 10.0. The van der Waals surface area contributed by atoms with E-state index in [1.54, 1.807) is 60.7 Å². The van der Waals surface area contributed by atoms with Crippen molar-refractivity contribution in [3.8, 4) is 0 Å². The Labute approximate surface area is 206 Å². The minimum absolute atomic E-state index is 0.187. The van der Waals surface area contributed by atoms with Crippen molar-refractivity contribution in [2.24, 2.45) is 0 Å². The molecule has 0 unspecified atom stereocenters. The van der Waals surface area contributed by atoms with E-state index in [4.69, 9.17) is 0 Å². The lowest BCUT2D eigenvalue weighted by Crippen LogP contribution is -2.25. The molecule has 0 amide bonds. The Balaban J connectivity index is 1.71. The predicted octanol–water partition coefficient (Wildman–Crippen LogP) is 5.02. The molecule has 5 rings (SSSR count). The van der Waals surface area contributed by atoms with Gasteiger partial charge in [0.1, 0.15) is 0 Å². The maximum atomic E-state index is 13.8. The van der Waals surface area contributed by atoms with Gasteiger partial charge in [-0.15, -0.1) is 0 Å². The van der Waals surface area contributed by atoms with Crippen LogP contribution in [-0.2, 0) is 26.5 Å². The molecule has 0 aliphatic heterocycles. The third-order valence-electron chi connectivity index (χ3n) is 6.50. The number of hydrogen-bond acceptors (Lipinski definition) is 4. The zero-order valence-corrected chi connectivity index (χ0v) is 21.6. The molecule has 1 aliphatic carbocycles. The highest BCUT2D eigenvalue weighted by molar-refractivity contribution is 7.90. The molecule has 1 aromatic heterocycles. The van der Waals surface area contributed by atoms with Crippen LogP contribution < -0.4 is 0 Å². The molecule has 180 valence electrons. The Morgan fingerprint density at radius 2 is 1.29 bits per heavy atom. The smallest absolute Gasteiger partial charge is 0.268 e. The highest BCUT2D eigenvalue weighted by atomic mass is 32.2. The maximum Gasteiger partial charge on any atom is 0.268 e. The fourth-order valence-electron chi connectivity index (χ4n) is 4.57. The van der Waals surface area contributed by atoms with Gasteiger partial charge in [-0.3, -0.25) is 4.31 Å². The number of nitrogens with zero attached hydrogens (tertiary/aromatic N) is 2. The predicted molar refractivity (Wildman–Crippen MR) is 138 cm³/mol. The topological polar surface area (TPSA) is 76.5 Å². The third kappa shape index (κ3) is 3.68. The summed E-state index contributed by atoms with van der Waals surface area (Å²) in [6, 6.07) is 19.0. The average molecular weight is 507 g/mol. The molecule has 8 heteroatoms. The van der Waals surface area contributed by atoms with Gasteiger partial charge in [0.25, 0.3) is 20.0 Å². The Morgan fingerprint density at radius 3 is 1.89 bits per heavy atom. The number of aromatic nitrogens is 1. The first kappa shape index (κ1) is 23.4. The molecule has 3 aromatic carbocycles. The van der Waals surface area contributed by atoms with Crippen LogP contribution in [0.4, 0.5) is 0 Å². The normalized spacial score (nSPS) is 13.7. The Bertz CT molecular complexity index is 1710. The van der Waals surface area contributed by atoms with Crippen molar-refractivity contribution in [3.05, 3.63) is 101 Å². The largest absolute Gasteiger partial charge is 0.269 e. The van der Waals surface area contributed by atoms with E-state index < -0.39 is 20.0 Å². The molecule has 1 aliphatic rings. The van der Waals surface area contributed by atoms with Crippen LogP contribution in [0, 0.1) is 20.8 Å². The fourth-order valence-corrected chi connectivity index (χ4v) is 7.36. The van der Waals surface area contributed by atoms with E-state index in [0.717, 1.165) is 16.7 Å². The van der Waals surface area contributed by atoms with Crippen LogP contribution in [0.2, 0.25) is 0 Å². The van der Waals surface area contributed by atoms with E-state index >= 15 is 0 Å². The molecule has 6 nitrogen and oxygen atoms in total. The van der Waals surface area contributed by atoms with E-state index in [-0.39, 0.29) is 9.79 Å². The van der Waals surface area contributed by atoms with Crippen molar-refractivity contribution in [3.63, 3.8) is 0 Å². The Morgan fingerprint density at radius 1 is 0.743 bits per heavy atom. The van der Waals surface area contributed by atoms with Gasteiger partial charge in [0.2, 0.25) is 0 Å². The molecular formula is C27H26N2O4S2. The van der Waals surface area contributed by atoms with Crippen molar-refractivity contribution in [1.29, 1.82) is 0 Å². The molecule has 0 spiro atoms. The fraction of sp³-hybridized carbons (Fsp3) is 0.185. The van der Waals surface area contributed by atoms with Crippen molar-refractivity contribution in [2.75, 3.05) is 7.05 Å². The summed E-state index contributed by atoms with van der Waals surface area (Å²) >= 11 is 0. The first-order valence-corrected chi connectivity index (χ1v) is 14.1. The van der Waals surface area contributed by atoms with Crippen LogP contribution in [0.25, 0.3) is 16.6 Å². The Kier molecular flexibility index (Phi) is 5.41. The summed E-state index contributed by atoms with van der Waals surface area (Å²) in [7, 11) is -6.22. The van der Waals surface area contributed by atoms with Crippen molar-refractivity contribution in [1.82, 2.24) is 8.28 Å². The Hall–Kier alpha value is -3.36. The van der Waals surface area contributed by atoms with E-state index in [9.17, 15) is 16.8 Å². The highest BCUT2D eigenvalue weighted by Gasteiger charge is 2.34. The van der Waals surface area contributed by atoms with Gasteiger partial charge in [-0.25, -0.2) is 20.8 Å². The zero-order valence-electron chi connectivity index (χ0n) is 20.0. The lowest BCUT2D eigenvalue weighted by molar-refractivity contribution is 0.546. The minimum Gasteiger partial charge on any atom is -0.269 e. The molecule has 0 fully saturated rings. The van der Waals surface area contributed by atoms with E-state index in [1.165, 1.54) is 15.3 Å². The number of rotatable bonds is 5. The quantitative estimate of drug-likeness (QED) is 0.381. The van der Waals surface area contributed by atoms with Crippen LogP contribution in [0.3, 0.4) is 0 Å².